The summed E-state index contributed by atoms with van der Waals surface area (Å²) in [7, 11) is 1.70. The highest BCUT2D eigenvalue weighted by Gasteiger charge is 2.33. The average Bonchev–Trinajstić information content (AvgIpc) is 3.46. The van der Waals surface area contributed by atoms with Gasteiger partial charge in [-0.25, -0.2) is 4.68 Å². The second-order valence-corrected chi connectivity index (χ2v) is 10.0. The molecular weight excluding hydrogens is 518 g/mol. The number of piperazine rings is 1. The number of hydrogen-bond donors (Lipinski definition) is 1. The van der Waals surface area contributed by atoms with Crippen molar-refractivity contribution in [1.29, 1.82) is 0 Å². The summed E-state index contributed by atoms with van der Waals surface area (Å²) in [6.07, 6.45) is 0. The van der Waals surface area contributed by atoms with E-state index in [1.165, 1.54) is 0 Å². The van der Waals surface area contributed by atoms with Gasteiger partial charge in [0.05, 0.1) is 25.9 Å². The number of fused-ring (bicyclic) bond motifs is 1. The summed E-state index contributed by atoms with van der Waals surface area (Å²) >= 11 is 0. The smallest absolute Gasteiger partial charge is 0.253 e. The zero-order valence-electron chi connectivity index (χ0n) is 23.2. The molecule has 2 aromatic heterocycles. The van der Waals surface area contributed by atoms with Gasteiger partial charge in [-0.3, -0.25) is 9.69 Å². The van der Waals surface area contributed by atoms with Crippen molar-refractivity contribution in [2.24, 2.45) is 0 Å². The Hall–Kier alpha value is -4.70. The maximum absolute atomic E-state index is 13.6. The topological polar surface area (TPSA) is 101 Å². The number of ether oxygens (including phenoxy) is 2. The van der Waals surface area contributed by atoms with Crippen molar-refractivity contribution in [3.05, 3.63) is 106 Å². The number of nitrogens with one attached hydrogen (secondary N) is 1. The quantitative estimate of drug-likeness (QED) is 0.295. The third-order valence-corrected chi connectivity index (χ3v) is 7.53. The number of methoxy groups -OCH3 is 1. The summed E-state index contributed by atoms with van der Waals surface area (Å²) in [6, 6.07) is 25.4. The standard InChI is InChI=1S/C31H33N7O3/c1-3-41-24-13-14-26-23(19-24)20-25(31(39)32-26)29(30-33-34-35-38(30)21-22-9-5-4-6-10-22)37-17-15-36(16-18-37)27-11-7-8-12-28(27)40-2/h4-14,19-20,29H,3,15-18,21H2,1-2H3,(H,32,39)/t29-/m1/s1. The van der Waals surface area contributed by atoms with E-state index in [4.69, 9.17) is 9.47 Å². The van der Waals surface area contributed by atoms with Crippen LogP contribution in [0, 0.1) is 0 Å². The Morgan fingerprint density at radius 1 is 0.951 bits per heavy atom. The number of anilines is 1. The monoisotopic (exact) mass is 551 g/mol. The molecule has 0 radical (unpaired) electrons. The fraction of sp³-hybridized carbons (Fsp3) is 0.290. The Morgan fingerprint density at radius 3 is 2.51 bits per heavy atom. The molecule has 210 valence electrons. The number of nitrogens with zero attached hydrogens (tertiary/aromatic N) is 6. The second-order valence-electron chi connectivity index (χ2n) is 10.0. The summed E-state index contributed by atoms with van der Waals surface area (Å²) in [5.74, 6) is 2.24. The average molecular weight is 552 g/mol. The van der Waals surface area contributed by atoms with Crippen LogP contribution in [0.2, 0.25) is 0 Å². The van der Waals surface area contributed by atoms with Crippen LogP contribution in [0.5, 0.6) is 11.5 Å². The Morgan fingerprint density at radius 2 is 1.73 bits per heavy atom. The molecule has 0 amide bonds. The zero-order valence-corrected chi connectivity index (χ0v) is 23.2. The maximum Gasteiger partial charge on any atom is 0.253 e. The van der Waals surface area contributed by atoms with E-state index in [-0.39, 0.29) is 5.56 Å². The minimum absolute atomic E-state index is 0.159. The van der Waals surface area contributed by atoms with Gasteiger partial charge in [-0.1, -0.05) is 42.5 Å². The third-order valence-electron chi connectivity index (χ3n) is 7.53. The third kappa shape index (κ3) is 5.51. The van der Waals surface area contributed by atoms with Crippen molar-refractivity contribution < 1.29 is 9.47 Å². The number of pyridine rings is 1. The minimum atomic E-state index is -0.447. The first-order valence-electron chi connectivity index (χ1n) is 13.9. The fourth-order valence-electron chi connectivity index (χ4n) is 5.55. The van der Waals surface area contributed by atoms with Crippen molar-refractivity contribution in [1.82, 2.24) is 30.1 Å². The maximum atomic E-state index is 13.6. The number of aromatic amines is 1. The van der Waals surface area contributed by atoms with Crippen molar-refractivity contribution in [2.45, 2.75) is 19.5 Å². The summed E-state index contributed by atoms with van der Waals surface area (Å²) < 4.78 is 13.2. The van der Waals surface area contributed by atoms with Crippen LogP contribution >= 0.6 is 0 Å². The van der Waals surface area contributed by atoms with Crippen molar-refractivity contribution >= 4 is 16.6 Å². The van der Waals surface area contributed by atoms with Crippen LogP contribution in [-0.2, 0) is 6.54 Å². The Kier molecular flexibility index (Phi) is 7.64. The summed E-state index contributed by atoms with van der Waals surface area (Å²) in [6.45, 7) is 5.95. The molecule has 1 aliphatic heterocycles. The molecule has 10 heteroatoms. The molecule has 1 atom stereocenters. The summed E-state index contributed by atoms with van der Waals surface area (Å²) in [4.78, 5) is 21.3. The lowest BCUT2D eigenvalue weighted by Crippen LogP contribution is -2.49. The predicted octanol–water partition coefficient (Wildman–Crippen LogP) is 3.88. The van der Waals surface area contributed by atoms with Gasteiger partial charge >= 0.3 is 0 Å². The fourth-order valence-corrected chi connectivity index (χ4v) is 5.55. The lowest BCUT2D eigenvalue weighted by Gasteiger charge is -2.40. The molecule has 6 rings (SSSR count). The predicted molar refractivity (Wildman–Crippen MR) is 158 cm³/mol. The van der Waals surface area contributed by atoms with Gasteiger partial charge in [0.25, 0.3) is 5.56 Å². The molecular formula is C31H33N7O3. The molecule has 41 heavy (non-hydrogen) atoms. The largest absolute Gasteiger partial charge is 0.495 e. The molecule has 5 aromatic rings. The van der Waals surface area contributed by atoms with Crippen LogP contribution in [0.1, 0.15) is 29.9 Å². The SMILES string of the molecule is CCOc1ccc2[nH]c(=O)c([C@H](c3nnnn3Cc3ccccc3)N3CCN(c4ccccc4OC)CC3)cc2c1. The van der Waals surface area contributed by atoms with E-state index < -0.39 is 6.04 Å². The van der Waals surface area contributed by atoms with Crippen molar-refractivity contribution in [3.8, 4) is 11.5 Å². The minimum Gasteiger partial charge on any atom is -0.495 e. The second kappa shape index (κ2) is 11.8. The molecule has 1 N–H and O–H groups in total. The van der Waals surface area contributed by atoms with Crippen LogP contribution in [0.3, 0.4) is 0 Å². The Balaban J connectivity index is 1.39. The van der Waals surface area contributed by atoms with Gasteiger partial charge in [-0.15, -0.1) is 5.10 Å². The first kappa shape index (κ1) is 26.5. The van der Waals surface area contributed by atoms with Crippen molar-refractivity contribution in [3.63, 3.8) is 0 Å². The number of hydrogen-bond acceptors (Lipinski definition) is 8. The van der Waals surface area contributed by atoms with Gasteiger partial charge in [0.15, 0.2) is 5.82 Å². The van der Waals surface area contributed by atoms with E-state index in [2.05, 4.69) is 36.4 Å². The number of tetrazole rings is 1. The van der Waals surface area contributed by atoms with Gasteiger partial charge in [-0.2, -0.15) is 0 Å². The highest BCUT2D eigenvalue weighted by molar-refractivity contribution is 5.80. The van der Waals surface area contributed by atoms with E-state index in [0.717, 1.165) is 46.7 Å². The number of H-pyrrole nitrogens is 1. The lowest BCUT2D eigenvalue weighted by atomic mass is 10.0. The molecule has 0 aliphatic carbocycles. The molecule has 0 spiro atoms. The molecule has 1 fully saturated rings. The van der Waals surface area contributed by atoms with Crippen LogP contribution < -0.4 is 19.9 Å². The van der Waals surface area contributed by atoms with Gasteiger partial charge in [-0.05, 0) is 59.3 Å². The highest BCUT2D eigenvalue weighted by Crippen LogP contribution is 2.32. The first-order chi connectivity index (χ1) is 20.1. The first-order valence-corrected chi connectivity index (χ1v) is 13.9. The number of rotatable bonds is 9. The van der Waals surface area contributed by atoms with E-state index in [9.17, 15) is 4.79 Å². The number of aromatic nitrogens is 5. The van der Waals surface area contributed by atoms with Gasteiger partial charge in [0, 0.05) is 42.6 Å². The highest BCUT2D eigenvalue weighted by atomic mass is 16.5. The molecule has 3 aromatic carbocycles. The molecule has 1 saturated heterocycles. The van der Waals surface area contributed by atoms with Crippen LogP contribution in [0.15, 0.2) is 83.7 Å². The normalized spacial score (nSPS) is 14.7. The molecule has 0 unspecified atom stereocenters. The van der Waals surface area contributed by atoms with Crippen molar-refractivity contribution in [2.75, 3.05) is 44.8 Å². The van der Waals surface area contributed by atoms with Crippen LogP contribution in [0.25, 0.3) is 10.9 Å². The lowest BCUT2D eigenvalue weighted by molar-refractivity contribution is 0.200. The molecule has 0 bridgehead atoms. The molecule has 10 nitrogen and oxygen atoms in total. The van der Waals surface area contributed by atoms with E-state index in [0.29, 0.717) is 37.6 Å². The van der Waals surface area contributed by atoms with Gasteiger partial charge in [0.1, 0.15) is 17.5 Å². The van der Waals surface area contributed by atoms with Gasteiger partial charge < -0.3 is 19.4 Å². The Bertz CT molecular complexity index is 1680. The van der Waals surface area contributed by atoms with E-state index in [1.54, 1.807) is 11.8 Å². The van der Waals surface area contributed by atoms with Crippen LogP contribution in [0.4, 0.5) is 5.69 Å². The van der Waals surface area contributed by atoms with Gasteiger partial charge in [0.2, 0.25) is 0 Å². The van der Waals surface area contributed by atoms with E-state index >= 15 is 0 Å². The molecule has 0 saturated carbocycles. The number of benzene rings is 3. The van der Waals surface area contributed by atoms with Crippen LogP contribution in [-0.4, -0.2) is 70.0 Å². The zero-order chi connectivity index (χ0) is 28.2. The molecule has 1 aliphatic rings. The van der Waals surface area contributed by atoms with E-state index in [1.807, 2.05) is 79.7 Å². The Labute approximate surface area is 238 Å². The number of para-hydroxylation sites is 2. The summed E-state index contributed by atoms with van der Waals surface area (Å²) in [5, 5.41) is 13.8. The summed E-state index contributed by atoms with van der Waals surface area (Å²) in [5.41, 5.74) is 3.33. The molecule has 3 heterocycles.